The molecule has 4 nitrogen and oxygen atoms in total. The summed E-state index contributed by atoms with van der Waals surface area (Å²) in [5.74, 6) is 2.11. The number of aromatic hydroxyl groups is 2. The molecule has 4 aliphatic rings. The number of benzene rings is 6. The first-order valence-corrected chi connectivity index (χ1v) is 25.3. The van der Waals surface area contributed by atoms with E-state index in [2.05, 4.69) is 62.4 Å². The Morgan fingerprint density at radius 1 is 0.431 bits per heavy atom. The zero-order valence-corrected chi connectivity index (χ0v) is 39.8. The van der Waals surface area contributed by atoms with Crippen molar-refractivity contribution in [3.05, 3.63) is 141 Å². The minimum atomic E-state index is -0.310. The number of phenolic OH excluding ortho intramolecular Hbond substituents is 2. The molecule has 4 aliphatic carbocycles. The quantitative estimate of drug-likeness (QED) is 0.142. The molecule has 4 heteroatoms. The first-order valence-electron chi connectivity index (χ1n) is 25.3. The van der Waals surface area contributed by atoms with Gasteiger partial charge in [-0.3, -0.25) is 0 Å². The van der Waals surface area contributed by atoms with Crippen LogP contribution >= 0.6 is 0 Å². The molecule has 0 bridgehead atoms. The Hall–Kier alpha value is -5.48. The van der Waals surface area contributed by atoms with Crippen molar-refractivity contribution in [1.82, 2.24) is 0 Å². The van der Waals surface area contributed by atoms with Gasteiger partial charge in [0.05, 0.1) is 0 Å². The summed E-state index contributed by atoms with van der Waals surface area (Å²) in [6, 6.07) is 29.9. The highest BCUT2D eigenvalue weighted by Crippen LogP contribution is 2.49. The van der Waals surface area contributed by atoms with Gasteiger partial charge in [0.15, 0.2) is 0 Å². The first kappa shape index (κ1) is 44.7. The van der Waals surface area contributed by atoms with E-state index in [1.807, 2.05) is 57.2 Å². The molecule has 0 radical (unpaired) electrons. The Kier molecular flexibility index (Phi) is 13.7. The zero-order chi connectivity index (χ0) is 45.0. The summed E-state index contributed by atoms with van der Waals surface area (Å²) in [5.41, 5.74) is 21.9. The molecule has 65 heavy (non-hydrogen) atoms. The molecule has 1 atom stereocenters. The van der Waals surface area contributed by atoms with E-state index in [1.54, 1.807) is 0 Å². The van der Waals surface area contributed by atoms with E-state index in [0.29, 0.717) is 29.6 Å². The lowest BCUT2D eigenvalue weighted by molar-refractivity contribution is 0.144. The third-order valence-electron chi connectivity index (χ3n) is 14.6. The molecule has 338 valence electrons. The Bertz CT molecular complexity index is 2690. The molecule has 0 heterocycles. The molecule has 0 aliphatic heterocycles. The molecule has 2 N–H and O–H groups in total. The smallest absolute Gasteiger partial charge is 0.131 e. The molecule has 0 saturated heterocycles. The SMILES string of the molecule is CC.Cc1cc(-c2ccccc2OCC(C)Oc2ccccc2-c2cc(C)cc(-c3c4c(cc5c3CCCC5)CCCCC4)c2O)c(O)c(-c2c3c(cc4c2CCCC4)CCCCC3)c1. The maximum absolute atomic E-state index is 12.4. The van der Waals surface area contributed by atoms with Crippen molar-refractivity contribution in [1.29, 1.82) is 0 Å². The summed E-state index contributed by atoms with van der Waals surface area (Å²) in [6.45, 7) is 10.6. The van der Waals surface area contributed by atoms with Gasteiger partial charge < -0.3 is 19.7 Å². The number of rotatable bonds is 9. The number of fused-ring (bicyclic) bond motifs is 4. The average Bonchev–Trinajstić information content (AvgIpc) is 3.72. The highest BCUT2D eigenvalue weighted by Gasteiger charge is 2.28. The predicted octanol–water partition coefficient (Wildman–Crippen LogP) is 15.6. The van der Waals surface area contributed by atoms with Gasteiger partial charge >= 0.3 is 0 Å². The molecule has 0 amide bonds. The highest BCUT2D eigenvalue weighted by atomic mass is 16.5. The van der Waals surface area contributed by atoms with Crippen molar-refractivity contribution in [3.63, 3.8) is 0 Å². The standard InChI is InChI=1S/C59H64O4.C2H6/c1-37-30-50(58(60)52(32-37)56-44-22-8-4-6-18-40(44)34-42-20-10-12-24-46(42)56)48-26-14-16-28-54(48)62-36-39(3)63-55-29-17-15-27-49(55)51-31-38(2)33-53(59(51)61)57-45-23-9-5-7-19-41(45)35-43-21-11-13-25-47(43)57;1-2/h14-17,26-35,39,60-61H,4-13,18-25,36H2,1-3H3;1-2H3. The van der Waals surface area contributed by atoms with Crippen molar-refractivity contribution in [2.75, 3.05) is 6.61 Å². The molecule has 0 saturated carbocycles. The number of para-hydroxylation sites is 2. The summed E-state index contributed by atoms with van der Waals surface area (Å²) >= 11 is 0. The van der Waals surface area contributed by atoms with Crippen molar-refractivity contribution < 1.29 is 19.7 Å². The van der Waals surface area contributed by atoms with Crippen molar-refractivity contribution in [2.45, 2.75) is 156 Å². The van der Waals surface area contributed by atoms with Gasteiger partial charge in [-0.05, 0) is 227 Å². The van der Waals surface area contributed by atoms with Gasteiger partial charge in [0.25, 0.3) is 0 Å². The third-order valence-corrected chi connectivity index (χ3v) is 14.6. The molecule has 10 rings (SSSR count). The molecule has 6 aromatic rings. The summed E-state index contributed by atoms with van der Waals surface area (Å²) in [6.07, 6.45) is 20.7. The molecule has 1 unspecified atom stereocenters. The van der Waals surface area contributed by atoms with Crippen LogP contribution in [-0.4, -0.2) is 22.9 Å². The van der Waals surface area contributed by atoms with Crippen LogP contribution in [-0.2, 0) is 51.4 Å². The number of ether oxygens (including phenoxy) is 2. The lowest BCUT2D eigenvalue weighted by atomic mass is 9.79. The molecule has 0 aromatic heterocycles. The van der Waals surface area contributed by atoms with Gasteiger partial charge in [-0.25, -0.2) is 0 Å². The first-order chi connectivity index (χ1) is 31.8. The van der Waals surface area contributed by atoms with Crippen LogP contribution in [0.1, 0.15) is 141 Å². The summed E-state index contributed by atoms with van der Waals surface area (Å²) < 4.78 is 13.4. The zero-order valence-electron chi connectivity index (χ0n) is 39.8. The van der Waals surface area contributed by atoms with Crippen LogP contribution in [0.4, 0.5) is 0 Å². The number of aryl methyl sites for hydroxylation is 6. The van der Waals surface area contributed by atoms with E-state index in [4.69, 9.17) is 9.47 Å². The number of phenols is 2. The Morgan fingerprint density at radius 2 is 0.785 bits per heavy atom. The number of hydrogen-bond donors (Lipinski definition) is 2. The minimum Gasteiger partial charge on any atom is -0.507 e. The van der Waals surface area contributed by atoms with E-state index in [-0.39, 0.29) is 6.10 Å². The van der Waals surface area contributed by atoms with E-state index in [0.717, 1.165) is 95.9 Å². The van der Waals surface area contributed by atoms with Crippen LogP contribution in [0.5, 0.6) is 23.0 Å². The average molecular weight is 867 g/mol. The van der Waals surface area contributed by atoms with Crippen LogP contribution in [0.25, 0.3) is 44.5 Å². The summed E-state index contributed by atoms with van der Waals surface area (Å²) in [4.78, 5) is 0. The highest BCUT2D eigenvalue weighted by molar-refractivity contribution is 5.90. The fourth-order valence-electron chi connectivity index (χ4n) is 11.7. The minimum absolute atomic E-state index is 0.303. The number of hydrogen-bond acceptors (Lipinski definition) is 4. The van der Waals surface area contributed by atoms with E-state index in [9.17, 15) is 10.2 Å². The molecule has 0 spiro atoms. The second-order valence-electron chi connectivity index (χ2n) is 19.2. The Balaban J connectivity index is 0.00000263. The molecular weight excluding hydrogens is 797 g/mol. The fourth-order valence-corrected chi connectivity index (χ4v) is 11.7. The van der Waals surface area contributed by atoms with Gasteiger partial charge in [-0.1, -0.05) is 75.2 Å². The van der Waals surface area contributed by atoms with Gasteiger partial charge in [0.2, 0.25) is 0 Å². The Morgan fingerprint density at radius 3 is 1.25 bits per heavy atom. The van der Waals surface area contributed by atoms with Crippen LogP contribution in [0.15, 0.2) is 84.9 Å². The second-order valence-corrected chi connectivity index (χ2v) is 19.2. The lowest BCUT2D eigenvalue weighted by Gasteiger charge is -2.26. The van der Waals surface area contributed by atoms with Gasteiger partial charge in [0.1, 0.15) is 35.7 Å². The summed E-state index contributed by atoms with van der Waals surface area (Å²) in [7, 11) is 0. The Labute approximate surface area is 389 Å². The van der Waals surface area contributed by atoms with Crippen LogP contribution < -0.4 is 9.47 Å². The summed E-state index contributed by atoms with van der Waals surface area (Å²) in [5, 5.41) is 24.8. The monoisotopic (exact) mass is 867 g/mol. The van der Waals surface area contributed by atoms with E-state index >= 15 is 0 Å². The van der Waals surface area contributed by atoms with Crippen molar-refractivity contribution >= 4 is 0 Å². The predicted molar refractivity (Wildman–Crippen MR) is 270 cm³/mol. The molecule has 6 aromatic carbocycles. The second kappa shape index (κ2) is 19.9. The third kappa shape index (κ3) is 9.08. The normalized spacial score (nSPS) is 16.0. The topological polar surface area (TPSA) is 58.9 Å². The van der Waals surface area contributed by atoms with Crippen LogP contribution in [0.2, 0.25) is 0 Å². The van der Waals surface area contributed by atoms with Gasteiger partial charge in [-0.15, -0.1) is 0 Å². The van der Waals surface area contributed by atoms with Crippen LogP contribution in [0, 0.1) is 13.8 Å². The van der Waals surface area contributed by atoms with Crippen molar-refractivity contribution in [2.24, 2.45) is 0 Å². The fraction of sp³-hybridized carbons (Fsp3) is 0.410. The lowest BCUT2D eigenvalue weighted by Crippen LogP contribution is -2.21. The molecular formula is C61H70O4. The van der Waals surface area contributed by atoms with E-state index < -0.39 is 0 Å². The van der Waals surface area contributed by atoms with Crippen LogP contribution in [0.3, 0.4) is 0 Å². The maximum Gasteiger partial charge on any atom is 0.131 e. The maximum atomic E-state index is 12.4. The molecule has 0 fully saturated rings. The van der Waals surface area contributed by atoms with E-state index in [1.165, 1.54) is 120 Å². The van der Waals surface area contributed by atoms with Gasteiger partial charge in [0, 0.05) is 33.4 Å². The van der Waals surface area contributed by atoms with Crippen molar-refractivity contribution in [3.8, 4) is 67.5 Å². The van der Waals surface area contributed by atoms with Gasteiger partial charge in [-0.2, -0.15) is 0 Å². The largest absolute Gasteiger partial charge is 0.507 e.